The highest BCUT2D eigenvalue weighted by molar-refractivity contribution is 5.94. The van der Waals surface area contributed by atoms with Crippen molar-refractivity contribution in [3.63, 3.8) is 0 Å². The van der Waals surface area contributed by atoms with Gasteiger partial charge in [-0.2, -0.15) is 0 Å². The number of ether oxygens (including phenoxy) is 1. The van der Waals surface area contributed by atoms with Gasteiger partial charge in [-0.15, -0.1) is 0 Å². The van der Waals surface area contributed by atoms with Crippen LogP contribution in [0.4, 0.5) is 4.39 Å². The second-order valence-electron chi connectivity index (χ2n) is 4.67. The Labute approximate surface area is 122 Å². The zero-order chi connectivity index (χ0) is 15.4. The summed E-state index contributed by atoms with van der Waals surface area (Å²) in [5.74, 6) is -0.649. The number of carbonyl (C=O) groups excluding carboxylic acids is 1. The quantitative estimate of drug-likeness (QED) is 0.941. The van der Waals surface area contributed by atoms with Gasteiger partial charge in [0.05, 0.1) is 12.7 Å². The molecule has 0 saturated carbocycles. The molecule has 0 bridgehead atoms. The predicted octanol–water partition coefficient (Wildman–Crippen LogP) is 2.81. The molecule has 0 spiro atoms. The summed E-state index contributed by atoms with van der Waals surface area (Å²) in [6.07, 6.45) is 0. The van der Waals surface area contributed by atoms with Gasteiger partial charge >= 0.3 is 0 Å². The molecule has 1 N–H and O–H groups in total. The maximum Gasteiger partial charge on any atom is 0.256 e. The molecule has 2 rings (SSSR count). The molecule has 110 valence electrons. The zero-order valence-electron chi connectivity index (χ0n) is 11.8. The summed E-state index contributed by atoms with van der Waals surface area (Å²) in [6.45, 7) is 0.350. The van der Waals surface area contributed by atoms with Crippen LogP contribution in [0.2, 0.25) is 0 Å². The van der Waals surface area contributed by atoms with Gasteiger partial charge in [-0.1, -0.05) is 12.1 Å². The van der Waals surface area contributed by atoms with E-state index in [9.17, 15) is 9.18 Å². The summed E-state index contributed by atoms with van der Waals surface area (Å²) in [5.41, 5.74) is 0.842. The Kier molecular flexibility index (Phi) is 4.42. The minimum atomic E-state index is -0.735. The maximum atomic E-state index is 13.7. The molecule has 0 saturated heterocycles. The standard InChI is InChI=1S/C16H16FNO3/c1-18(10-11-3-6-13(21-2)7-4-11)16(20)14-8-5-12(19)9-15(14)17/h3-9,19H,10H2,1-2H3. The zero-order valence-corrected chi connectivity index (χ0v) is 11.8. The Hall–Kier alpha value is -2.56. The molecule has 0 aliphatic heterocycles. The maximum absolute atomic E-state index is 13.7. The molecule has 0 heterocycles. The number of hydrogen-bond donors (Lipinski definition) is 1. The van der Waals surface area contributed by atoms with Crippen LogP contribution < -0.4 is 4.74 Å². The first-order valence-corrected chi connectivity index (χ1v) is 6.38. The van der Waals surface area contributed by atoms with Crippen molar-refractivity contribution < 1.29 is 19.0 Å². The first-order valence-electron chi connectivity index (χ1n) is 6.38. The fourth-order valence-electron chi connectivity index (χ4n) is 1.96. The van der Waals surface area contributed by atoms with Crippen LogP contribution >= 0.6 is 0 Å². The van der Waals surface area contributed by atoms with Gasteiger partial charge in [0.2, 0.25) is 0 Å². The minimum Gasteiger partial charge on any atom is -0.508 e. The highest BCUT2D eigenvalue weighted by atomic mass is 19.1. The van der Waals surface area contributed by atoms with E-state index in [2.05, 4.69) is 0 Å². The Morgan fingerprint density at radius 2 is 1.90 bits per heavy atom. The van der Waals surface area contributed by atoms with Crippen molar-refractivity contribution in [1.82, 2.24) is 4.90 Å². The monoisotopic (exact) mass is 289 g/mol. The molecule has 0 aliphatic rings. The number of carbonyl (C=O) groups is 1. The number of rotatable bonds is 4. The van der Waals surface area contributed by atoms with E-state index >= 15 is 0 Å². The van der Waals surface area contributed by atoms with Gasteiger partial charge in [-0.25, -0.2) is 4.39 Å². The molecule has 21 heavy (non-hydrogen) atoms. The predicted molar refractivity (Wildman–Crippen MR) is 76.9 cm³/mol. The molecule has 4 nitrogen and oxygen atoms in total. The minimum absolute atomic E-state index is 0.0659. The van der Waals surface area contributed by atoms with Crippen molar-refractivity contribution in [2.45, 2.75) is 6.54 Å². The third kappa shape index (κ3) is 3.51. The third-order valence-electron chi connectivity index (χ3n) is 3.11. The largest absolute Gasteiger partial charge is 0.508 e. The van der Waals surface area contributed by atoms with Crippen molar-refractivity contribution in [3.8, 4) is 11.5 Å². The molecule has 0 fully saturated rings. The van der Waals surface area contributed by atoms with Crippen LogP contribution in [0, 0.1) is 5.82 Å². The van der Waals surface area contributed by atoms with Crippen molar-refractivity contribution >= 4 is 5.91 Å². The Morgan fingerprint density at radius 3 is 2.48 bits per heavy atom. The number of nitrogens with zero attached hydrogens (tertiary/aromatic N) is 1. The van der Waals surface area contributed by atoms with E-state index in [1.165, 1.54) is 17.0 Å². The number of halogens is 1. The van der Waals surface area contributed by atoms with E-state index < -0.39 is 11.7 Å². The van der Waals surface area contributed by atoms with Crippen molar-refractivity contribution in [2.75, 3.05) is 14.2 Å². The fourth-order valence-corrected chi connectivity index (χ4v) is 1.96. The van der Waals surface area contributed by atoms with Crippen LogP contribution in [0.25, 0.3) is 0 Å². The number of phenols is 1. The molecular formula is C16H16FNO3. The second-order valence-corrected chi connectivity index (χ2v) is 4.67. The Morgan fingerprint density at radius 1 is 1.24 bits per heavy atom. The Balaban J connectivity index is 2.11. The molecule has 2 aromatic carbocycles. The highest BCUT2D eigenvalue weighted by Gasteiger charge is 2.16. The molecule has 0 unspecified atom stereocenters. The molecule has 1 amide bonds. The lowest BCUT2D eigenvalue weighted by atomic mass is 10.1. The summed E-state index contributed by atoms with van der Waals surface area (Å²) >= 11 is 0. The molecule has 2 aromatic rings. The summed E-state index contributed by atoms with van der Waals surface area (Å²) < 4.78 is 18.7. The van der Waals surface area contributed by atoms with Crippen molar-refractivity contribution in [3.05, 3.63) is 59.4 Å². The van der Waals surface area contributed by atoms with Gasteiger partial charge in [-0.3, -0.25) is 4.79 Å². The van der Waals surface area contributed by atoms with E-state index in [-0.39, 0.29) is 11.3 Å². The highest BCUT2D eigenvalue weighted by Crippen LogP contribution is 2.18. The van der Waals surface area contributed by atoms with Gasteiger partial charge in [0.25, 0.3) is 5.91 Å². The van der Waals surface area contributed by atoms with Crippen LogP contribution in [0.1, 0.15) is 15.9 Å². The normalized spacial score (nSPS) is 10.2. The number of phenolic OH excluding ortho intramolecular Hbond substituents is 1. The molecule has 0 radical (unpaired) electrons. The van der Waals surface area contributed by atoms with E-state index in [0.29, 0.717) is 6.54 Å². The number of methoxy groups -OCH3 is 1. The smallest absolute Gasteiger partial charge is 0.256 e. The second kappa shape index (κ2) is 6.26. The van der Waals surface area contributed by atoms with Gasteiger partial charge in [0, 0.05) is 19.7 Å². The lowest BCUT2D eigenvalue weighted by Crippen LogP contribution is -2.27. The van der Waals surface area contributed by atoms with Gasteiger partial charge in [0.15, 0.2) is 0 Å². The summed E-state index contributed by atoms with van der Waals surface area (Å²) in [4.78, 5) is 13.6. The molecule has 0 aliphatic carbocycles. The van der Waals surface area contributed by atoms with Crippen molar-refractivity contribution in [1.29, 1.82) is 0 Å². The molecule has 5 heteroatoms. The average Bonchev–Trinajstić information content (AvgIpc) is 2.47. The van der Waals surface area contributed by atoms with Crippen LogP contribution in [-0.4, -0.2) is 30.1 Å². The molecule has 0 aromatic heterocycles. The van der Waals surface area contributed by atoms with Gasteiger partial charge in [0.1, 0.15) is 17.3 Å². The topological polar surface area (TPSA) is 49.8 Å². The SMILES string of the molecule is COc1ccc(CN(C)C(=O)c2ccc(O)cc2F)cc1. The van der Waals surface area contributed by atoms with E-state index in [0.717, 1.165) is 17.4 Å². The van der Waals surface area contributed by atoms with Crippen LogP contribution in [-0.2, 0) is 6.54 Å². The number of aromatic hydroxyl groups is 1. The van der Waals surface area contributed by atoms with Crippen LogP contribution in [0.3, 0.4) is 0 Å². The number of benzene rings is 2. The van der Waals surface area contributed by atoms with Crippen LogP contribution in [0.5, 0.6) is 11.5 Å². The first-order chi connectivity index (χ1) is 10.0. The summed E-state index contributed by atoms with van der Waals surface area (Å²) in [7, 11) is 3.18. The average molecular weight is 289 g/mol. The van der Waals surface area contributed by atoms with Crippen LogP contribution in [0.15, 0.2) is 42.5 Å². The van der Waals surface area contributed by atoms with Gasteiger partial charge in [-0.05, 0) is 29.8 Å². The van der Waals surface area contributed by atoms with E-state index in [1.807, 2.05) is 12.1 Å². The van der Waals surface area contributed by atoms with Crippen molar-refractivity contribution in [2.24, 2.45) is 0 Å². The third-order valence-corrected chi connectivity index (χ3v) is 3.11. The molecular weight excluding hydrogens is 273 g/mol. The molecule has 0 atom stereocenters. The van der Waals surface area contributed by atoms with E-state index in [1.54, 1.807) is 26.3 Å². The summed E-state index contributed by atoms with van der Waals surface area (Å²) in [6, 6.07) is 10.8. The Bertz CT molecular complexity index is 640. The first kappa shape index (κ1) is 14.8. The lowest BCUT2D eigenvalue weighted by Gasteiger charge is -2.18. The lowest BCUT2D eigenvalue weighted by molar-refractivity contribution is 0.0780. The number of amides is 1. The fraction of sp³-hybridized carbons (Fsp3) is 0.188. The number of hydrogen-bond acceptors (Lipinski definition) is 3. The van der Waals surface area contributed by atoms with E-state index in [4.69, 9.17) is 9.84 Å². The summed E-state index contributed by atoms with van der Waals surface area (Å²) in [5, 5.41) is 9.17. The van der Waals surface area contributed by atoms with Gasteiger partial charge < -0.3 is 14.7 Å².